The van der Waals surface area contributed by atoms with Crippen molar-refractivity contribution in [2.75, 3.05) is 30.0 Å². The number of fused-ring (bicyclic) bond motifs is 1. The lowest BCUT2D eigenvalue weighted by molar-refractivity contribution is -0.121. The number of rotatable bonds is 8. The molecular formula is C21H24N2O4. The lowest BCUT2D eigenvalue weighted by Gasteiger charge is -2.29. The Morgan fingerprint density at radius 1 is 1.22 bits per heavy atom. The van der Waals surface area contributed by atoms with Crippen LogP contribution in [-0.4, -0.2) is 31.6 Å². The maximum atomic E-state index is 12.2. The summed E-state index contributed by atoms with van der Waals surface area (Å²) in [6.07, 6.45) is 1.83. The number of carbonyl (C=O) groups is 2. The summed E-state index contributed by atoms with van der Waals surface area (Å²) in [6.45, 7) is 3.18. The molecule has 0 saturated heterocycles. The van der Waals surface area contributed by atoms with E-state index in [1.165, 1.54) is 0 Å². The second-order valence-corrected chi connectivity index (χ2v) is 6.33. The highest BCUT2D eigenvalue weighted by Crippen LogP contribution is 2.34. The Morgan fingerprint density at radius 2 is 2.04 bits per heavy atom. The third-order valence-corrected chi connectivity index (χ3v) is 4.19. The highest BCUT2D eigenvalue weighted by atomic mass is 16.5. The standard InChI is InChI=1S/C21H24N2O4/c1-2-12-23-18-14-16(10-11-19(18)27-15-21(23)25)22-20(24)9-6-13-26-17-7-4-3-5-8-17/h3-5,7-8,10-11,14H,2,6,9,12-13,15H2,1H3,(H,22,24). The van der Waals surface area contributed by atoms with Gasteiger partial charge in [-0.1, -0.05) is 25.1 Å². The van der Waals surface area contributed by atoms with Crippen LogP contribution < -0.4 is 19.7 Å². The predicted molar refractivity (Wildman–Crippen MR) is 104 cm³/mol. The van der Waals surface area contributed by atoms with Crippen LogP contribution in [0.4, 0.5) is 11.4 Å². The van der Waals surface area contributed by atoms with Crippen LogP contribution in [0.3, 0.4) is 0 Å². The fraction of sp³-hybridized carbons (Fsp3) is 0.333. The highest BCUT2D eigenvalue weighted by molar-refractivity contribution is 5.99. The summed E-state index contributed by atoms with van der Waals surface area (Å²) in [5.74, 6) is 1.31. The number of benzene rings is 2. The van der Waals surface area contributed by atoms with Gasteiger partial charge in [0.15, 0.2) is 6.61 Å². The summed E-state index contributed by atoms with van der Waals surface area (Å²) < 4.78 is 11.1. The quantitative estimate of drug-likeness (QED) is 0.723. The molecule has 0 aromatic heterocycles. The van der Waals surface area contributed by atoms with Gasteiger partial charge in [0.1, 0.15) is 11.5 Å². The molecule has 1 heterocycles. The Balaban J connectivity index is 1.53. The van der Waals surface area contributed by atoms with Crippen molar-refractivity contribution >= 4 is 23.2 Å². The molecule has 2 aromatic carbocycles. The molecule has 0 aliphatic carbocycles. The monoisotopic (exact) mass is 368 g/mol. The molecule has 1 aliphatic heterocycles. The second kappa shape index (κ2) is 9.07. The molecule has 0 bridgehead atoms. The van der Waals surface area contributed by atoms with Crippen LogP contribution in [-0.2, 0) is 9.59 Å². The van der Waals surface area contributed by atoms with Gasteiger partial charge in [-0.25, -0.2) is 0 Å². The Kier molecular flexibility index (Phi) is 6.30. The van der Waals surface area contributed by atoms with E-state index in [1.54, 1.807) is 23.1 Å². The predicted octanol–water partition coefficient (Wildman–Crippen LogP) is 3.62. The molecule has 3 rings (SSSR count). The lowest BCUT2D eigenvalue weighted by atomic mass is 10.2. The van der Waals surface area contributed by atoms with Crippen molar-refractivity contribution in [3.8, 4) is 11.5 Å². The first kappa shape index (κ1) is 18.8. The number of carbonyl (C=O) groups excluding carboxylic acids is 2. The minimum absolute atomic E-state index is 0.0557. The van der Waals surface area contributed by atoms with Crippen molar-refractivity contribution in [2.45, 2.75) is 26.2 Å². The van der Waals surface area contributed by atoms with E-state index in [0.29, 0.717) is 43.1 Å². The number of nitrogens with zero attached hydrogens (tertiary/aromatic N) is 1. The third kappa shape index (κ3) is 5.00. The van der Waals surface area contributed by atoms with E-state index >= 15 is 0 Å². The molecule has 0 fully saturated rings. The Labute approximate surface area is 159 Å². The van der Waals surface area contributed by atoms with Crippen LogP contribution in [0.2, 0.25) is 0 Å². The number of anilines is 2. The topological polar surface area (TPSA) is 67.9 Å². The Hall–Kier alpha value is -3.02. The Bertz CT molecular complexity index is 792. The van der Waals surface area contributed by atoms with Crippen molar-refractivity contribution in [3.05, 3.63) is 48.5 Å². The summed E-state index contributed by atoms with van der Waals surface area (Å²) in [5.41, 5.74) is 1.36. The molecule has 0 atom stereocenters. The molecule has 142 valence electrons. The fourth-order valence-electron chi connectivity index (χ4n) is 2.91. The average molecular weight is 368 g/mol. The number of hydrogen-bond donors (Lipinski definition) is 1. The van der Waals surface area contributed by atoms with Gasteiger partial charge in [-0.15, -0.1) is 0 Å². The second-order valence-electron chi connectivity index (χ2n) is 6.33. The molecular weight excluding hydrogens is 344 g/mol. The van der Waals surface area contributed by atoms with Crippen molar-refractivity contribution < 1.29 is 19.1 Å². The zero-order valence-electron chi connectivity index (χ0n) is 15.4. The van der Waals surface area contributed by atoms with E-state index < -0.39 is 0 Å². The van der Waals surface area contributed by atoms with Crippen LogP contribution in [0.15, 0.2) is 48.5 Å². The normalized spacial score (nSPS) is 12.9. The highest BCUT2D eigenvalue weighted by Gasteiger charge is 2.25. The zero-order chi connectivity index (χ0) is 19.1. The van der Waals surface area contributed by atoms with E-state index in [4.69, 9.17) is 9.47 Å². The van der Waals surface area contributed by atoms with Crippen molar-refractivity contribution in [2.24, 2.45) is 0 Å². The first-order valence-corrected chi connectivity index (χ1v) is 9.22. The van der Waals surface area contributed by atoms with Crippen LogP contribution in [0.1, 0.15) is 26.2 Å². The Morgan fingerprint density at radius 3 is 2.81 bits per heavy atom. The molecule has 0 spiro atoms. The van der Waals surface area contributed by atoms with Gasteiger partial charge < -0.3 is 19.7 Å². The molecule has 1 N–H and O–H groups in total. The summed E-state index contributed by atoms with van der Waals surface area (Å²) in [4.78, 5) is 26.0. The summed E-state index contributed by atoms with van der Waals surface area (Å²) in [6, 6.07) is 14.9. The molecule has 1 aliphatic rings. The largest absolute Gasteiger partial charge is 0.494 e. The molecule has 6 nitrogen and oxygen atoms in total. The van der Waals surface area contributed by atoms with Gasteiger partial charge in [-0.05, 0) is 43.2 Å². The molecule has 2 aromatic rings. The van der Waals surface area contributed by atoms with Gasteiger partial charge >= 0.3 is 0 Å². The minimum atomic E-state index is -0.0864. The number of ether oxygens (including phenoxy) is 2. The third-order valence-electron chi connectivity index (χ3n) is 4.19. The van der Waals surface area contributed by atoms with E-state index in [-0.39, 0.29) is 18.4 Å². The first-order chi connectivity index (χ1) is 13.2. The maximum Gasteiger partial charge on any atom is 0.265 e. The van der Waals surface area contributed by atoms with E-state index in [2.05, 4.69) is 5.32 Å². The van der Waals surface area contributed by atoms with Gasteiger partial charge in [-0.2, -0.15) is 0 Å². The van der Waals surface area contributed by atoms with E-state index in [9.17, 15) is 9.59 Å². The van der Waals surface area contributed by atoms with E-state index in [1.807, 2.05) is 37.3 Å². The summed E-state index contributed by atoms with van der Waals surface area (Å²) in [7, 11) is 0. The zero-order valence-corrected chi connectivity index (χ0v) is 15.4. The van der Waals surface area contributed by atoms with Gasteiger partial charge in [0.25, 0.3) is 5.91 Å². The van der Waals surface area contributed by atoms with Crippen molar-refractivity contribution in [1.82, 2.24) is 0 Å². The smallest absolute Gasteiger partial charge is 0.265 e. The average Bonchev–Trinajstić information content (AvgIpc) is 2.68. The van der Waals surface area contributed by atoms with Crippen molar-refractivity contribution in [1.29, 1.82) is 0 Å². The molecule has 0 unspecified atom stereocenters. The minimum Gasteiger partial charge on any atom is -0.494 e. The fourth-order valence-corrected chi connectivity index (χ4v) is 2.91. The number of nitrogens with one attached hydrogen (secondary N) is 1. The summed E-state index contributed by atoms with van der Waals surface area (Å²) in [5, 5.41) is 2.88. The van der Waals surface area contributed by atoms with Gasteiger partial charge in [-0.3, -0.25) is 9.59 Å². The molecule has 2 amide bonds. The van der Waals surface area contributed by atoms with Gasteiger partial charge in [0, 0.05) is 18.7 Å². The molecule has 0 radical (unpaired) electrons. The van der Waals surface area contributed by atoms with Gasteiger partial charge in [0.05, 0.1) is 12.3 Å². The van der Waals surface area contributed by atoms with Crippen LogP contribution in [0.25, 0.3) is 0 Å². The number of para-hydroxylation sites is 1. The molecule has 0 saturated carbocycles. The number of hydrogen-bond acceptors (Lipinski definition) is 4. The van der Waals surface area contributed by atoms with Gasteiger partial charge in [0.2, 0.25) is 5.91 Å². The van der Waals surface area contributed by atoms with Crippen LogP contribution in [0.5, 0.6) is 11.5 Å². The van der Waals surface area contributed by atoms with Crippen LogP contribution in [0, 0.1) is 0 Å². The SMILES string of the molecule is CCCN1C(=O)COc2ccc(NC(=O)CCCOc3ccccc3)cc21. The van der Waals surface area contributed by atoms with E-state index in [0.717, 1.165) is 12.2 Å². The maximum absolute atomic E-state index is 12.2. The van der Waals surface area contributed by atoms with Crippen molar-refractivity contribution in [3.63, 3.8) is 0 Å². The first-order valence-electron chi connectivity index (χ1n) is 9.22. The summed E-state index contributed by atoms with van der Waals surface area (Å²) >= 11 is 0. The lowest BCUT2D eigenvalue weighted by Crippen LogP contribution is -2.39. The number of amides is 2. The molecule has 27 heavy (non-hydrogen) atoms. The van der Waals surface area contributed by atoms with Crippen LogP contribution >= 0.6 is 0 Å². The molecule has 6 heteroatoms.